The average molecular weight is 355 g/mol. The molecule has 0 bridgehead atoms. The molecule has 0 unspecified atom stereocenters. The van der Waals surface area contributed by atoms with E-state index in [1.165, 1.54) is 12.3 Å². The van der Waals surface area contributed by atoms with Gasteiger partial charge >= 0.3 is 0 Å². The van der Waals surface area contributed by atoms with E-state index in [9.17, 15) is 8.78 Å². The second kappa shape index (κ2) is 7.03. The van der Waals surface area contributed by atoms with Gasteiger partial charge in [0.1, 0.15) is 17.3 Å². The Hall–Kier alpha value is -3.09. The van der Waals surface area contributed by atoms with E-state index in [1.54, 1.807) is 0 Å². The summed E-state index contributed by atoms with van der Waals surface area (Å²) in [4.78, 5) is 4.24. The van der Waals surface area contributed by atoms with Gasteiger partial charge in [-0.25, -0.2) is 8.78 Å². The lowest BCUT2D eigenvalue weighted by Crippen LogP contribution is -2.14. The molecule has 0 aliphatic rings. The second-order valence-corrected chi connectivity index (χ2v) is 6.81. The fourth-order valence-electron chi connectivity index (χ4n) is 2.53. The fraction of sp³-hybridized carbons (Fsp3) is 0.211. The summed E-state index contributed by atoms with van der Waals surface area (Å²) in [5.74, 6) is -1.06. The molecule has 0 spiro atoms. The van der Waals surface area contributed by atoms with Crippen LogP contribution in [0.4, 0.5) is 31.9 Å². The van der Waals surface area contributed by atoms with Gasteiger partial charge in [-0.15, -0.1) is 5.10 Å². The van der Waals surface area contributed by atoms with Crippen LogP contribution in [0.3, 0.4) is 0 Å². The Morgan fingerprint density at radius 1 is 0.885 bits per heavy atom. The van der Waals surface area contributed by atoms with Crippen LogP contribution in [-0.2, 0) is 5.41 Å². The normalized spacial score (nSPS) is 11.3. The predicted octanol–water partition coefficient (Wildman–Crippen LogP) is 4.93. The monoisotopic (exact) mass is 355 g/mol. The van der Waals surface area contributed by atoms with E-state index in [1.807, 2.05) is 24.3 Å². The number of rotatable bonds is 4. The average Bonchev–Trinajstić information content (AvgIpc) is 2.58. The number of para-hydroxylation sites is 2. The first kappa shape index (κ1) is 17.7. The van der Waals surface area contributed by atoms with Crippen LogP contribution >= 0.6 is 0 Å². The summed E-state index contributed by atoms with van der Waals surface area (Å²) >= 11 is 0. The third-order valence-electron chi connectivity index (χ3n) is 3.76. The zero-order valence-corrected chi connectivity index (χ0v) is 14.7. The fourth-order valence-corrected chi connectivity index (χ4v) is 2.53. The summed E-state index contributed by atoms with van der Waals surface area (Å²) in [6.45, 7) is 6.33. The molecule has 0 atom stereocenters. The Morgan fingerprint density at radius 3 is 2.27 bits per heavy atom. The van der Waals surface area contributed by atoms with E-state index >= 15 is 0 Å². The number of hydrogen-bond acceptors (Lipinski definition) is 5. The molecule has 134 valence electrons. The van der Waals surface area contributed by atoms with E-state index < -0.39 is 11.6 Å². The molecule has 0 aliphatic heterocycles. The van der Waals surface area contributed by atoms with Crippen molar-refractivity contribution in [3.8, 4) is 0 Å². The van der Waals surface area contributed by atoms with Crippen molar-refractivity contribution in [2.75, 3.05) is 10.6 Å². The van der Waals surface area contributed by atoms with Crippen LogP contribution in [0.1, 0.15) is 26.3 Å². The van der Waals surface area contributed by atoms with Gasteiger partial charge in [-0.2, -0.15) is 10.1 Å². The molecular formula is C19H19F2N5. The Labute approximate surface area is 150 Å². The first-order chi connectivity index (χ1) is 12.3. The number of hydrogen-bond donors (Lipinski definition) is 2. The SMILES string of the molecule is CC(C)(C)c1ccccc1Nc1cnnc(Nc2c(F)cccc2F)n1. The lowest BCUT2D eigenvalue weighted by atomic mass is 9.86. The molecule has 7 heteroatoms. The van der Waals surface area contributed by atoms with Crippen LogP contribution in [0.5, 0.6) is 0 Å². The number of aromatic nitrogens is 3. The largest absolute Gasteiger partial charge is 0.339 e. The van der Waals surface area contributed by atoms with Crippen LogP contribution in [0, 0.1) is 11.6 Å². The van der Waals surface area contributed by atoms with Crippen molar-refractivity contribution >= 4 is 23.1 Å². The minimum atomic E-state index is -0.731. The molecular weight excluding hydrogens is 336 g/mol. The smallest absolute Gasteiger partial charge is 0.249 e. The molecule has 0 aliphatic carbocycles. The highest BCUT2D eigenvalue weighted by Crippen LogP contribution is 2.31. The number of anilines is 4. The van der Waals surface area contributed by atoms with E-state index in [4.69, 9.17) is 0 Å². The second-order valence-electron chi connectivity index (χ2n) is 6.81. The minimum Gasteiger partial charge on any atom is -0.339 e. The summed E-state index contributed by atoms with van der Waals surface area (Å²) < 4.78 is 27.5. The lowest BCUT2D eigenvalue weighted by molar-refractivity contribution is 0.590. The molecule has 2 N–H and O–H groups in total. The highest BCUT2D eigenvalue weighted by molar-refractivity contribution is 5.63. The van der Waals surface area contributed by atoms with Crippen molar-refractivity contribution in [2.24, 2.45) is 0 Å². The highest BCUT2D eigenvalue weighted by Gasteiger charge is 2.18. The van der Waals surface area contributed by atoms with E-state index in [0.29, 0.717) is 5.82 Å². The van der Waals surface area contributed by atoms with Crippen molar-refractivity contribution in [3.63, 3.8) is 0 Å². The van der Waals surface area contributed by atoms with Crippen LogP contribution in [-0.4, -0.2) is 15.2 Å². The molecule has 5 nitrogen and oxygen atoms in total. The van der Waals surface area contributed by atoms with Gasteiger partial charge in [-0.05, 0) is 29.2 Å². The van der Waals surface area contributed by atoms with Gasteiger partial charge in [0.2, 0.25) is 5.95 Å². The number of benzene rings is 2. The van der Waals surface area contributed by atoms with Crippen LogP contribution < -0.4 is 10.6 Å². The van der Waals surface area contributed by atoms with Gasteiger partial charge in [0.15, 0.2) is 5.82 Å². The Balaban J connectivity index is 1.87. The first-order valence-corrected chi connectivity index (χ1v) is 8.12. The number of nitrogens with zero attached hydrogens (tertiary/aromatic N) is 3. The van der Waals surface area contributed by atoms with Crippen molar-refractivity contribution in [1.29, 1.82) is 0 Å². The maximum absolute atomic E-state index is 13.8. The summed E-state index contributed by atoms with van der Waals surface area (Å²) in [6, 6.07) is 11.5. The van der Waals surface area contributed by atoms with Crippen LogP contribution in [0.25, 0.3) is 0 Å². The number of halogens is 2. The quantitative estimate of drug-likeness (QED) is 0.694. The predicted molar refractivity (Wildman–Crippen MR) is 97.9 cm³/mol. The maximum Gasteiger partial charge on any atom is 0.249 e. The van der Waals surface area contributed by atoms with Crippen molar-refractivity contribution in [3.05, 3.63) is 65.9 Å². The zero-order chi connectivity index (χ0) is 18.7. The molecule has 0 radical (unpaired) electrons. The lowest BCUT2D eigenvalue weighted by Gasteiger charge is -2.23. The van der Waals surface area contributed by atoms with Crippen molar-refractivity contribution < 1.29 is 8.78 Å². The molecule has 26 heavy (non-hydrogen) atoms. The molecule has 0 saturated heterocycles. The first-order valence-electron chi connectivity index (χ1n) is 8.12. The van der Waals surface area contributed by atoms with Crippen molar-refractivity contribution in [2.45, 2.75) is 26.2 Å². The Bertz CT molecular complexity index is 902. The summed E-state index contributed by atoms with van der Waals surface area (Å²) in [5, 5.41) is 13.4. The molecule has 1 aromatic heterocycles. The van der Waals surface area contributed by atoms with Gasteiger partial charge in [0.25, 0.3) is 0 Å². The molecule has 0 fully saturated rings. The van der Waals surface area contributed by atoms with E-state index in [-0.39, 0.29) is 17.1 Å². The Kier molecular flexibility index (Phi) is 4.79. The summed E-state index contributed by atoms with van der Waals surface area (Å²) in [6.07, 6.45) is 1.45. The van der Waals surface area contributed by atoms with E-state index in [2.05, 4.69) is 46.6 Å². The van der Waals surface area contributed by atoms with E-state index in [0.717, 1.165) is 23.4 Å². The van der Waals surface area contributed by atoms with Gasteiger partial charge in [-0.3, -0.25) is 0 Å². The molecule has 0 saturated carbocycles. The van der Waals surface area contributed by atoms with Crippen LogP contribution in [0.15, 0.2) is 48.7 Å². The molecule has 3 rings (SSSR count). The van der Waals surface area contributed by atoms with Crippen LogP contribution in [0.2, 0.25) is 0 Å². The molecule has 1 heterocycles. The summed E-state index contributed by atoms with van der Waals surface area (Å²) in [7, 11) is 0. The third-order valence-corrected chi connectivity index (χ3v) is 3.76. The van der Waals surface area contributed by atoms with Crippen molar-refractivity contribution in [1.82, 2.24) is 15.2 Å². The standard InChI is InChI=1S/C19H19F2N5/c1-19(2,3)12-7-4-5-10-15(12)23-16-11-22-26-18(24-16)25-17-13(20)8-6-9-14(17)21/h4-11H,1-3H3,(H2,23,24,25,26). The summed E-state index contributed by atoms with van der Waals surface area (Å²) in [5.41, 5.74) is 1.60. The number of nitrogens with one attached hydrogen (secondary N) is 2. The molecule has 3 aromatic rings. The zero-order valence-electron chi connectivity index (χ0n) is 14.7. The van der Waals surface area contributed by atoms with Gasteiger partial charge in [-0.1, -0.05) is 45.0 Å². The minimum absolute atomic E-state index is 0.00719. The molecule has 0 amide bonds. The Morgan fingerprint density at radius 2 is 1.58 bits per heavy atom. The highest BCUT2D eigenvalue weighted by atomic mass is 19.1. The van der Waals surface area contributed by atoms with Gasteiger partial charge in [0, 0.05) is 5.69 Å². The topological polar surface area (TPSA) is 62.7 Å². The molecule has 2 aromatic carbocycles. The maximum atomic E-state index is 13.8. The van der Waals surface area contributed by atoms with Gasteiger partial charge < -0.3 is 10.6 Å². The van der Waals surface area contributed by atoms with Gasteiger partial charge in [0.05, 0.1) is 6.20 Å². The third kappa shape index (κ3) is 3.93.